The summed E-state index contributed by atoms with van der Waals surface area (Å²) < 4.78 is 10.0. The molecular formula is C23H24Cl2N2O6. The average molecular weight is 495 g/mol. The third-order valence-corrected chi connectivity index (χ3v) is 4.65. The number of hydrogen-bond donors (Lipinski definition) is 2. The van der Waals surface area contributed by atoms with E-state index in [0.717, 1.165) is 0 Å². The molecule has 2 amide bonds. The first-order valence-electron chi connectivity index (χ1n) is 10.2. The number of carbonyl (C=O) groups excluding carboxylic acids is 4. The topological polar surface area (TPSA) is 111 Å². The molecule has 2 N–H and O–H groups in total. The second-order valence-electron chi connectivity index (χ2n) is 7.27. The van der Waals surface area contributed by atoms with Crippen LogP contribution in [-0.2, 0) is 23.9 Å². The summed E-state index contributed by atoms with van der Waals surface area (Å²) in [6, 6.07) is 10.9. The molecular weight excluding hydrogens is 471 g/mol. The highest BCUT2D eigenvalue weighted by molar-refractivity contribution is 6.36. The number of nitrogens with one attached hydrogen (secondary N) is 2. The van der Waals surface area contributed by atoms with Crippen molar-refractivity contribution < 1.29 is 28.7 Å². The summed E-state index contributed by atoms with van der Waals surface area (Å²) in [6.07, 6.45) is 0.0786. The predicted octanol–water partition coefficient (Wildman–Crippen LogP) is 4.85. The van der Waals surface area contributed by atoms with Crippen molar-refractivity contribution in [3.63, 3.8) is 0 Å². The lowest BCUT2D eigenvalue weighted by molar-refractivity contribution is -0.147. The Morgan fingerprint density at radius 3 is 2.24 bits per heavy atom. The number of rotatable bonds is 10. The molecule has 0 fully saturated rings. The standard InChI is InChI=1S/C23H24Cl2N2O6/c1-14(2)33-23(31)15-6-9-17(10-7-15)26-20(28)4-3-5-22(30)32-13-21(29)27-19-11-8-16(24)12-18(19)25/h6-12,14H,3-5,13H2,1-2H3,(H,26,28)(H,27,29). The molecule has 2 aromatic carbocycles. The number of ether oxygens (including phenoxy) is 2. The number of carbonyl (C=O) groups is 4. The highest BCUT2D eigenvalue weighted by Gasteiger charge is 2.12. The Morgan fingerprint density at radius 1 is 0.909 bits per heavy atom. The van der Waals surface area contributed by atoms with Crippen LogP contribution < -0.4 is 10.6 Å². The van der Waals surface area contributed by atoms with E-state index in [4.69, 9.17) is 32.7 Å². The fourth-order valence-electron chi connectivity index (χ4n) is 2.58. The van der Waals surface area contributed by atoms with E-state index in [1.54, 1.807) is 44.2 Å². The van der Waals surface area contributed by atoms with Crippen molar-refractivity contribution in [3.05, 3.63) is 58.1 Å². The Labute approximate surface area is 201 Å². The van der Waals surface area contributed by atoms with Gasteiger partial charge in [0.25, 0.3) is 5.91 Å². The molecule has 0 spiro atoms. The Balaban J connectivity index is 1.66. The van der Waals surface area contributed by atoms with Crippen molar-refractivity contribution in [2.45, 2.75) is 39.2 Å². The van der Waals surface area contributed by atoms with Crippen molar-refractivity contribution in [3.8, 4) is 0 Å². The second-order valence-corrected chi connectivity index (χ2v) is 8.11. The Bertz CT molecular complexity index is 1010. The highest BCUT2D eigenvalue weighted by atomic mass is 35.5. The van der Waals surface area contributed by atoms with Gasteiger partial charge in [-0.25, -0.2) is 4.79 Å². The monoisotopic (exact) mass is 494 g/mol. The molecule has 2 aromatic rings. The third-order valence-electron chi connectivity index (χ3n) is 4.10. The zero-order valence-electron chi connectivity index (χ0n) is 18.2. The van der Waals surface area contributed by atoms with Gasteiger partial charge >= 0.3 is 11.9 Å². The maximum Gasteiger partial charge on any atom is 0.338 e. The van der Waals surface area contributed by atoms with Gasteiger partial charge in [-0.05, 0) is 62.7 Å². The zero-order valence-corrected chi connectivity index (χ0v) is 19.7. The summed E-state index contributed by atoms with van der Waals surface area (Å²) in [4.78, 5) is 47.6. The summed E-state index contributed by atoms with van der Waals surface area (Å²) in [5, 5.41) is 5.88. The fourth-order valence-corrected chi connectivity index (χ4v) is 3.04. The molecule has 0 unspecified atom stereocenters. The normalized spacial score (nSPS) is 10.5. The summed E-state index contributed by atoms with van der Waals surface area (Å²) in [6.45, 7) is 3.04. The molecule has 0 saturated heterocycles. The van der Waals surface area contributed by atoms with E-state index in [-0.39, 0.29) is 36.3 Å². The molecule has 0 saturated carbocycles. The minimum absolute atomic E-state index is 0.0254. The fraction of sp³-hybridized carbons (Fsp3) is 0.304. The second kappa shape index (κ2) is 12.8. The summed E-state index contributed by atoms with van der Waals surface area (Å²) in [7, 11) is 0. The van der Waals surface area contributed by atoms with Crippen molar-refractivity contribution >= 4 is 58.3 Å². The molecule has 0 aliphatic heterocycles. The van der Waals surface area contributed by atoms with E-state index in [0.29, 0.717) is 22.0 Å². The van der Waals surface area contributed by atoms with Crippen LogP contribution in [-0.4, -0.2) is 36.5 Å². The van der Waals surface area contributed by atoms with Gasteiger partial charge in [0, 0.05) is 23.6 Å². The summed E-state index contributed by atoms with van der Waals surface area (Å²) in [5.41, 5.74) is 1.25. The van der Waals surface area contributed by atoms with Gasteiger partial charge in [0.2, 0.25) is 5.91 Å². The molecule has 0 heterocycles. The zero-order chi connectivity index (χ0) is 24.4. The van der Waals surface area contributed by atoms with Crippen molar-refractivity contribution in [1.29, 1.82) is 0 Å². The minimum atomic E-state index is -0.604. The molecule has 0 aliphatic rings. The Hall–Kier alpha value is -3.10. The van der Waals surface area contributed by atoms with Gasteiger partial charge in [-0.2, -0.15) is 0 Å². The summed E-state index contributed by atoms with van der Waals surface area (Å²) >= 11 is 11.8. The Morgan fingerprint density at radius 2 is 1.61 bits per heavy atom. The van der Waals surface area contributed by atoms with Crippen LogP contribution in [0.15, 0.2) is 42.5 Å². The molecule has 0 bridgehead atoms. The lowest BCUT2D eigenvalue weighted by Crippen LogP contribution is -2.21. The van der Waals surface area contributed by atoms with E-state index in [2.05, 4.69) is 10.6 Å². The molecule has 0 aromatic heterocycles. The van der Waals surface area contributed by atoms with Crippen LogP contribution in [0.4, 0.5) is 11.4 Å². The van der Waals surface area contributed by atoms with Gasteiger partial charge in [-0.15, -0.1) is 0 Å². The number of anilines is 2. The van der Waals surface area contributed by atoms with Crippen LogP contribution in [0.2, 0.25) is 10.0 Å². The largest absolute Gasteiger partial charge is 0.459 e. The molecule has 10 heteroatoms. The minimum Gasteiger partial charge on any atom is -0.459 e. The van der Waals surface area contributed by atoms with Gasteiger partial charge in [-0.3, -0.25) is 14.4 Å². The van der Waals surface area contributed by atoms with Crippen LogP contribution in [0.1, 0.15) is 43.5 Å². The number of halogens is 2. The number of hydrogen-bond acceptors (Lipinski definition) is 6. The Kier molecular flexibility index (Phi) is 10.2. The van der Waals surface area contributed by atoms with Crippen molar-refractivity contribution in [2.24, 2.45) is 0 Å². The van der Waals surface area contributed by atoms with Crippen LogP contribution >= 0.6 is 23.2 Å². The lowest BCUT2D eigenvalue weighted by Gasteiger charge is -2.09. The van der Waals surface area contributed by atoms with Crippen molar-refractivity contribution in [1.82, 2.24) is 0 Å². The van der Waals surface area contributed by atoms with E-state index >= 15 is 0 Å². The van der Waals surface area contributed by atoms with E-state index in [1.165, 1.54) is 12.1 Å². The highest BCUT2D eigenvalue weighted by Crippen LogP contribution is 2.25. The first kappa shape index (κ1) is 26.2. The number of amides is 2. The van der Waals surface area contributed by atoms with Gasteiger partial charge in [0.1, 0.15) is 0 Å². The first-order chi connectivity index (χ1) is 15.6. The third kappa shape index (κ3) is 9.51. The molecule has 2 rings (SSSR count). The predicted molar refractivity (Wildman–Crippen MR) is 126 cm³/mol. The smallest absolute Gasteiger partial charge is 0.338 e. The van der Waals surface area contributed by atoms with Crippen LogP contribution in [0.5, 0.6) is 0 Å². The van der Waals surface area contributed by atoms with E-state index in [1.807, 2.05) is 0 Å². The average Bonchev–Trinajstić information content (AvgIpc) is 2.74. The van der Waals surface area contributed by atoms with Gasteiger partial charge < -0.3 is 20.1 Å². The lowest BCUT2D eigenvalue weighted by atomic mass is 10.2. The quantitative estimate of drug-likeness (QED) is 0.456. The molecule has 0 radical (unpaired) electrons. The van der Waals surface area contributed by atoms with Crippen LogP contribution in [0.3, 0.4) is 0 Å². The molecule has 0 atom stereocenters. The number of benzene rings is 2. The first-order valence-corrected chi connectivity index (χ1v) is 10.9. The van der Waals surface area contributed by atoms with Crippen molar-refractivity contribution in [2.75, 3.05) is 17.2 Å². The maximum absolute atomic E-state index is 12.0. The number of esters is 2. The maximum atomic E-state index is 12.0. The SMILES string of the molecule is CC(C)OC(=O)c1ccc(NC(=O)CCCC(=O)OCC(=O)Nc2ccc(Cl)cc2Cl)cc1. The van der Waals surface area contributed by atoms with Gasteiger partial charge in [0.05, 0.1) is 22.4 Å². The summed E-state index contributed by atoms with van der Waals surface area (Å²) in [5.74, 6) is -1.89. The molecule has 33 heavy (non-hydrogen) atoms. The van der Waals surface area contributed by atoms with Gasteiger partial charge in [-0.1, -0.05) is 23.2 Å². The van der Waals surface area contributed by atoms with E-state index in [9.17, 15) is 19.2 Å². The van der Waals surface area contributed by atoms with Crippen LogP contribution in [0.25, 0.3) is 0 Å². The molecule has 0 aliphatic carbocycles. The van der Waals surface area contributed by atoms with Gasteiger partial charge in [0.15, 0.2) is 6.61 Å². The van der Waals surface area contributed by atoms with E-state index < -0.39 is 24.5 Å². The molecule has 176 valence electrons. The molecule has 8 nitrogen and oxygen atoms in total. The van der Waals surface area contributed by atoms with Crippen LogP contribution in [0, 0.1) is 0 Å².